The van der Waals surface area contributed by atoms with Gasteiger partial charge in [-0.1, -0.05) is 12.1 Å². The third-order valence-electron chi connectivity index (χ3n) is 1.57. The number of hydrogen-bond donors (Lipinski definition) is 0. The fourth-order valence-electron chi connectivity index (χ4n) is 0.895. The van der Waals surface area contributed by atoms with E-state index in [0.717, 1.165) is 5.75 Å². The summed E-state index contributed by atoms with van der Waals surface area (Å²) in [6, 6.07) is 7.90. The summed E-state index contributed by atoms with van der Waals surface area (Å²) in [6.45, 7) is 3.87. The summed E-state index contributed by atoms with van der Waals surface area (Å²) >= 11 is 0. The van der Waals surface area contributed by atoms with Gasteiger partial charge in [0.25, 0.3) is 0 Å². The molecular weight excluding hydrogens is 150 g/mol. The van der Waals surface area contributed by atoms with Crippen molar-refractivity contribution in [3.63, 3.8) is 0 Å². The standard InChI is InChI=1S/C10H13NO/c1-8-5-4-6-10(7-8)12-9(2)11-3/h4-7H,1-3H3. The molecule has 0 aliphatic rings. The van der Waals surface area contributed by atoms with Gasteiger partial charge in [-0.3, -0.25) is 4.99 Å². The first-order chi connectivity index (χ1) is 5.72. The number of nitrogens with zero attached hydrogens (tertiary/aromatic N) is 1. The van der Waals surface area contributed by atoms with Crippen LogP contribution in [0, 0.1) is 6.92 Å². The molecule has 0 radical (unpaired) electrons. The second kappa shape index (κ2) is 3.90. The Kier molecular flexibility index (Phi) is 2.86. The van der Waals surface area contributed by atoms with Crippen molar-refractivity contribution in [1.82, 2.24) is 0 Å². The summed E-state index contributed by atoms with van der Waals surface area (Å²) in [6.07, 6.45) is 0. The fourth-order valence-corrected chi connectivity index (χ4v) is 0.895. The van der Waals surface area contributed by atoms with E-state index in [1.54, 1.807) is 7.05 Å². The molecule has 12 heavy (non-hydrogen) atoms. The van der Waals surface area contributed by atoms with Crippen LogP contribution in [-0.4, -0.2) is 12.9 Å². The Bertz CT molecular complexity index is 292. The first-order valence-corrected chi connectivity index (χ1v) is 3.90. The Morgan fingerprint density at radius 1 is 1.42 bits per heavy atom. The number of aryl methyl sites for hydroxylation is 1. The van der Waals surface area contributed by atoms with Gasteiger partial charge in [0, 0.05) is 14.0 Å². The van der Waals surface area contributed by atoms with Crippen LogP contribution in [0.5, 0.6) is 5.75 Å². The molecule has 0 saturated heterocycles. The molecule has 0 spiro atoms. The molecule has 0 bridgehead atoms. The van der Waals surface area contributed by atoms with Crippen molar-refractivity contribution in [3.8, 4) is 5.75 Å². The van der Waals surface area contributed by atoms with E-state index >= 15 is 0 Å². The van der Waals surface area contributed by atoms with E-state index in [-0.39, 0.29) is 0 Å². The van der Waals surface area contributed by atoms with Gasteiger partial charge in [0.15, 0.2) is 5.90 Å². The summed E-state index contributed by atoms with van der Waals surface area (Å²) in [7, 11) is 1.71. The highest BCUT2D eigenvalue weighted by molar-refractivity contribution is 5.75. The average molecular weight is 163 g/mol. The molecule has 64 valence electrons. The minimum atomic E-state index is 0.681. The Morgan fingerprint density at radius 3 is 2.75 bits per heavy atom. The molecule has 0 atom stereocenters. The Hall–Kier alpha value is -1.31. The molecule has 0 amide bonds. The van der Waals surface area contributed by atoms with Crippen molar-refractivity contribution in [2.45, 2.75) is 13.8 Å². The Morgan fingerprint density at radius 2 is 2.17 bits per heavy atom. The van der Waals surface area contributed by atoms with Crippen LogP contribution in [0.25, 0.3) is 0 Å². The normalized spacial score (nSPS) is 11.4. The topological polar surface area (TPSA) is 21.6 Å². The highest BCUT2D eigenvalue weighted by Crippen LogP contribution is 2.12. The van der Waals surface area contributed by atoms with E-state index in [2.05, 4.69) is 4.99 Å². The number of hydrogen-bond acceptors (Lipinski definition) is 2. The van der Waals surface area contributed by atoms with E-state index in [4.69, 9.17) is 4.74 Å². The number of ether oxygens (including phenoxy) is 1. The van der Waals surface area contributed by atoms with Crippen LogP contribution in [0.4, 0.5) is 0 Å². The van der Waals surface area contributed by atoms with E-state index < -0.39 is 0 Å². The summed E-state index contributed by atoms with van der Waals surface area (Å²) < 4.78 is 5.39. The lowest BCUT2D eigenvalue weighted by Crippen LogP contribution is -2.02. The second-order valence-corrected chi connectivity index (χ2v) is 2.66. The third-order valence-corrected chi connectivity index (χ3v) is 1.57. The molecule has 0 unspecified atom stereocenters. The highest BCUT2D eigenvalue weighted by atomic mass is 16.5. The minimum absolute atomic E-state index is 0.681. The van der Waals surface area contributed by atoms with Gasteiger partial charge in [0.2, 0.25) is 0 Å². The maximum atomic E-state index is 5.39. The van der Waals surface area contributed by atoms with E-state index in [1.165, 1.54) is 5.56 Å². The minimum Gasteiger partial charge on any atom is -0.444 e. The van der Waals surface area contributed by atoms with Gasteiger partial charge in [-0.2, -0.15) is 0 Å². The molecule has 1 rings (SSSR count). The molecule has 0 saturated carbocycles. The summed E-state index contributed by atoms with van der Waals surface area (Å²) in [4.78, 5) is 3.91. The van der Waals surface area contributed by atoms with E-state index in [9.17, 15) is 0 Å². The van der Waals surface area contributed by atoms with Gasteiger partial charge in [-0.15, -0.1) is 0 Å². The van der Waals surface area contributed by atoms with Gasteiger partial charge in [-0.25, -0.2) is 0 Å². The predicted octanol–water partition coefficient (Wildman–Crippen LogP) is 2.42. The van der Waals surface area contributed by atoms with Crippen LogP contribution < -0.4 is 4.74 Å². The maximum Gasteiger partial charge on any atom is 0.186 e. The van der Waals surface area contributed by atoms with Crippen molar-refractivity contribution in [2.24, 2.45) is 4.99 Å². The first kappa shape index (κ1) is 8.78. The van der Waals surface area contributed by atoms with E-state index in [1.807, 2.05) is 38.1 Å². The average Bonchev–Trinajstić information content (AvgIpc) is 2.04. The Balaban J connectivity index is 2.76. The van der Waals surface area contributed by atoms with Crippen LogP contribution in [0.15, 0.2) is 29.3 Å². The van der Waals surface area contributed by atoms with Crippen molar-refractivity contribution in [3.05, 3.63) is 29.8 Å². The summed E-state index contributed by atoms with van der Waals surface area (Å²) in [5.41, 5.74) is 1.19. The zero-order chi connectivity index (χ0) is 8.97. The molecule has 2 heteroatoms. The van der Waals surface area contributed by atoms with Crippen molar-refractivity contribution >= 4 is 5.90 Å². The first-order valence-electron chi connectivity index (χ1n) is 3.90. The largest absolute Gasteiger partial charge is 0.444 e. The lowest BCUT2D eigenvalue weighted by molar-refractivity contribution is 0.545. The van der Waals surface area contributed by atoms with Gasteiger partial charge >= 0.3 is 0 Å². The number of aliphatic imine (C=N–C) groups is 1. The molecule has 0 N–H and O–H groups in total. The smallest absolute Gasteiger partial charge is 0.186 e. The molecule has 1 aromatic carbocycles. The van der Waals surface area contributed by atoms with Crippen molar-refractivity contribution in [2.75, 3.05) is 7.05 Å². The lowest BCUT2D eigenvalue weighted by atomic mass is 10.2. The zero-order valence-electron chi connectivity index (χ0n) is 7.66. The van der Waals surface area contributed by atoms with Crippen LogP contribution in [0.3, 0.4) is 0 Å². The molecular formula is C10H13NO. The molecule has 0 aliphatic heterocycles. The fraction of sp³-hybridized carbons (Fsp3) is 0.300. The van der Waals surface area contributed by atoms with Crippen LogP contribution in [0.1, 0.15) is 12.5 Å². The SMILES string of the molecule is CN=C(C)Oc1cccc(C)c1. The molecule has 1 aromatic rings. The molecule has 0 fully saturated rings. The van der Waals surface area contributed by atoms with Crippen LogP contribution in [0.2, 0.25) is 0 Å². The molecule has 0 aliphatic carbocycles. The van der Waals surface area contributed by atoms with Gasteiger partial charge in [-0.05, 0) is 24.6 Å². The highest BCUT2D eigenvalue weighted by Gasteiger charge is 1.94. The third kappa shape index (κ3) is 2.38. The number of benzene rings is 1. The quantitative estimate of drug-likeness (QED) is 0.460. The van der Waals surface area contributed by atoms with Crippen LogP contribution >= 0.6 is 0 Å². The zero-order valence-corrected chi connectivity index (χ0v) is 7.66. The van der Waals surface area contributed by atoms with Gasteiger partial charge in [0.1, 0.15) is 5.75 Å². The van der Waals surface area contributed by atoms with Crippen molar-refractivity contribution in [1.29, 1.82) is 0 Å². The lowest BCUT2D eigenvalue weighted by Gasteiger charge is -2.03. The van der Waals surface area contributed by atoms with Gasteiger partial charge < -0.3 is 4.74 Å². The Labute approximate surface area is 72.9 Å². The van der Waals surface area contributed by atoms with E-state index in [0.29, 0.717) is 5.90 Å². The number of rotatable bonds is 1. The monoisotopic (exact) mass is 163 g/mol. The predicted molar refractivity (Wildman–Crippen MR) is 50.8 cm³/mol. The van der Waals surface area contributed by atoms with Gasteiger partial charge in [0.05, 0.1) is 0 Å². The molecule has 0 heterocycles. The summed E-state index contributed by atoms with van der Waals surface area (Å²) in [5.74, 6) is 1.53. The summed E-state index contributed by atoms with van der Waals surface area (Å²) in [5, 5.41) is 0. The van der Waals surface area contributed by atoms with Crippen LogP contribution in [-0.2, 0) is 0 Å². The van der Waals surface area contributed by atoms with Crippen molar-refractivity contribution < 1.29 is 4.74 Å². The molecule has 2 nitrogen and oxygen atoms in total. The molecule has 0 aromatic heterocycles. The maximum absolute atomic E-state index is 5.39. The second-order valence-electron chi connectivity index (χ2n) is 2.66.